The average molecular weight is 338 g/mol. The molecule has 1 heterocycles. The molecule has 5 nitrogen and oxygen atoms in total. The second kappa shape index (κ2) is 8.61. The van der Waals surface area contributed by atoms with Crippen molar-refractivity contribution in [2.24, 2.45) is 16.6 Å². The number of nitrogens with one attached hydrogen (secondary N) is 1. The van der Waals surface area contributed by atoms with Crippen LogP contribution in [0, 0.1) is 17.6 Å². The average Bonchev–Trinajstić information content (AvgIpc) is 2.53. The third-order valence-electron chi connectivity index (χ3n) is 4.24. The van der Waals surface area contributed by atoms with Gasteiger partial charge < -0.3 is 16.0 Å². The van der Waals surface area contributed by atoms with Crippen LogP contribution in [-0.2, 0) is 11.2 Å². The van der Waals surface area contributed by atoms with Crippen molar-refractivity contribution >= 4 is 11.9 Å². The smallest absolute Gasteiger partial charge is 0.217 e. The summed E-state index contributed by atoms with van der Waals surface area (Å²) in [6, 6.07) is 3.87. The molecule has 1 amide bonds. The number of carbonyl (C=O) groups excluding carboxylic acids is 1. The molecule has 1 fully saturated rings. The third kappa shape index (κ3) is 4.91. The van der Waals surface area contributed by atoms with Gasteiger partial charge >= 0.3 is 0 Å². The number of carbonyl (C=O) groups is 1. The first-order valence-corrected chi connectivity index (χ1v) is 8.18. The largest absolute Gasteiger partial charge is 0.370 e. The quantitative estimate of drug-likeness (QED) is 0.634. The molecule has 0 aliphatic carbocycles. The summed E-state index contributed by atoms with van der Waals surface area (Å²) in [7, 11) is 1.67. The van der Waals surface area contributed by atoms with Gasteiger partial charge in [0.15, 0.2) is 5.96 Å². The van der Waals surface area contributed by atoms with Crippen molar-refractivity contribution in [3.05, 3.63) is 35.4 Å². The summed E-state index contributed by atoms with van der Waals surface area (Å²) in [6.07, 6.45) is 2.53. The molecule has 132 valence electrons. The minimum atomic E-state index is -0.536. The lowest BCUT2D eigenvalue weighted by Gasteiger charge is -2.34. The van der Waals surface area contributed by atoms with Crippen molar-refractivity contribution in [3.8, 4) is 0 Å². The van der Waals surface area contributed by atoms with E-state index in [1.165, 1.54) is 18.2 Å². The maximum atomic E-state index is 13.6. The maximum absolute atomic E-state index is 13.6. The van der Waals surface area contributed by atoms with Gasteiger partial charge in [-0.1, -0.05) is 6.07 Å². The SMILES string of the molecule is CN=C(NCCc1c(F)cccc1F)N1CCCC(CC(N)=O)C1. The van der Waals surface area contributed by atoms with E-state index >= 15 is 0 Å². The fourth-order valence-corrected chi connectivity index (χ4v) is 3.11. The zero-order valence-corrected chi connectivity index (χ0v) is 13.9. The van der Waals surface area contributed by atoms with Gasteiger partial charge in [0.2, 0.25) is 5.91 Å². The Bertz CT molecular complexity index is 586. The van der Waals surface area contributed by atoms with Gasteiger partial charge in [-0.25, -0.2) is 8.78 Å². The molecule has 3 N–H and O–H groups in total. The van der Waals surface area contributed by atoms with Gasteiger partial charge in [0.25, 0.3) is 0 Å². The molecule has 24 heavy (non-hydrogen) atoms. The molecule has 1 aliphatic rings. The molecule has 1 aliphatic heterocycles. The highest BCUT2D eigenvalue weighted by Gasteiger charge is 2.23. The van der Waals surface area contributed by atoms with Crippen LogP contribution in [0.25, 0.3) is 0 Å². The van der Waals surface area contributed by atoms with Crippen LogP contribution in [0.5, 0.6) is 0 Å². The van der Waals surface area contributed by atoms with E-state index in [0.29, 0.717) is 25.5 Å². The first kappa shape index (κ1) is 18.2. The number of nitrogens with zero attached hydrogens (tertiary/aromatic N) is 2. The summed E-state index contributed by atoms with van der Waals surface area (Å²) in [5.41, 5.74) is 5.35. The lowest BCUT2D eigenvalue weighted by atomic mass is 9.95. The van der Waals surface area contributed by atoms with Crippen LogP contribution in [0.3, 0.4) is 0 Å². The van der Waals surface area contributed by atoms with E-state index in [1.807, 2.05) is 0 Å². The molecule has 7 heteroatoms. The van der Waals surface area contributed by atoms with Gasteiger partial charge in [-0.15, -0.1) is 0 Å². The molecule has 1 aromatic rings. The van der Waals surface area contributed by atoms with Gasteiger partial charge in [0.1, 0.15) is 11.6 Å². The molecular weight excluding hydrogens is 314 g/mol. The van der Waals surface area contributed by atoms with E-state index in [0.717, 1.165) is 19.4 Å². The predicted molar refractivity (Wildman–Crippen MR) is 89.5 cm³/mol. The molecular formula is C17H24F2N4O. The first-order valence-electron chi connectivity index (χ1n) is 8.18. The van der Waals surface area contributed by atoms with Crippen molar-refractivity contribution in [2.45, 2.75) is 25.7 Å². The number of rotatable bonds is 5. The van der Waals surface area contributed by atoms with E-state index in [4.69, 9.17) is 5.73 Å². The Morgan fingerprint density at radius 1 is 1.42 bits per heavy atom. The molecule has 0 saturated carbocycles. The van der Waals surface area contributed by atoms with Crippen LogP contribution in [0.1, 0.15) is 24.8 Å². The molecule has 0 radical (unpaired) electrons. The topological polar surface area (TPSA) is 70.7 Å². The molecule has 1 saturated heterocycles. The van der Waals surface area contributed by atoms with Gasteiger partial charge in [-0.3, -0.25) is 9.79 Å². The number of guanidine groups is 1. The Morgan fingerprint density at radius 3 is 2.75 bits per heavy atom. The minimum absolute atomic E-state index is 0.0747. The molecule has 1 unspecified atom stereocenters. The minimum Gasteiger partial charge on any atom is -0.370 e. The monoisotopic (exact) mass is 338 g/mol. The number of nitrogens with two attached hydrogens (primary N) is 1. The third-order valence-corrected chi connectivity index (χ3v) is 4.24. The van der Waals surface area contributed by atoms with Gasteiger partial charge in [0, 0.05) is 38.7 Å². The number of aliphatic imine (C=N–C) groups is 1. The summed E-state index contributed by atoms with van der Waals surface area (Å²) in [5.74, 6) is -0.461. The Balaban J connectivity index is 1.89. The zero-order chi connectivity index (χ0) is 17.5. The van der Waals surface area contributed by atoms with Crippen molar-refractivity contribution in [2.75, 3.05) is 26.7 Å². The van der Waals surface area contributed by atoms with E-state index in [-0.39, 0.29) is 23.8 Å². The van der Waals surface area contributed by atoms with Gasteiger partial charge in [-0.05, 0) is 37.3 Å². The van der Waals surface area contributed by atoms with Crippen LogP contribution < -0.4 is 11.1 Å². The number of amides is 1. The summed E-state index contributed by atoms with van der Waals surface area (Å²) >= 11 is 0. The fraction of sp³-hybridized carbons (Fsp3) is 0.529. The Labute approximate surface area is 140 Å². The number of piperidine rings is 1. The van der Waals surface area contributed by atoms with Crippen LogP contribution in [0.4, 0.5) is 8.78 Å². The zero-order valence-electron chi connectivity index (χ0n) is 13.9. The first-order chi connectivity index (χ1) is 11.5. The fourth-order valence-electron chi connectivity index (χ4n) is 3.11. The molecule has 0 aromatic heterocycles. The van der Waals surface area contributed by atoms with Crippen LogP contribution >= 0.6 is 0 Å². The van der Waals surface area contributed by atoms with E-state index in [2.05, 4.69) is 15.2 Å². The molecule has 0 spiro atoms. The maximum Gasteiger partial charge on any atom is 0.217 e. The Morgan fingerprint density at radius 2 is 2.12 bits per heavy atom. The van der Waals surface area contributed by atoms with E-state index in [1.54, 1.807) is 7.05 Å². The van der Waals surface area contributed by atoms with Crippen molar-refractivity contribution < 1.29 is 13.6 Å². The lowest BCUT2D eigenvalue weighted by Crippen LogP contribution is -2.47. The van der Waals surface area contributed by atoms with E-state index in [9.17, 15) is 13.6 Å². The number of benzene rings is 1. The number of likely N-dealkylation sites (tertiary alicyclic amines) is 1. The summed E-state index contributed by atoms with van der Waals surface area (Å²) in [5, 5.41) is 3.14. The number of hydrogen-bond acceptors (Lipinski definition) is 2. The standard InChI is InChI=1S/C17H24F2N4O/c1-21-17(23-9-3-4-12(11-23)10-16(20)24)22-8-7-13-14(18)5-2-6-15(13)19/h2,5-6,12H,3-4,7-11H2,1H3,(H2,20,24)(H,21,22). The molecule has 2 rings (SSSR count). The van der Waals surface area contributed by atoms with Gasteiger partial charge in [-0.2, -0.15) is 0 Å². The number of hydrogen-bond donors (Lipinski definition) is 2. The molecule has 1 aromatic carbocycles. The van der Waals surface area contributed by atoms with Crippen LogP contribution in [0.15, 0.2) is 23.2 Å². The van der Waals surface area contributed by atoms with Gasteiger partial charge in [0.05, 0.1) is 0 Å². The summed E-state index contributed by atoms with van der Waals surface area (Å²) < 4.78 is 27.3. The normalized spacial score (nSPS) is 18.5. The highest BCUT2D eigenvalue weighted by molar-refractivity contribution is 5.80. The second-order valence-electron chi connectivity index (χ2n) is 6.05. The van der Waals surface area contributed by atoms with Crippen molar-refractivity contribution in [1.29, 1.82) is 0 Å². The van der Waals surface area contributed by atoms with Crippen LogP contribution in [-0.4, -0.2) is 43.4 Å². The van der Waals surface area contributed by atoms with Crippen molar-refractivity contribution in [1.82, 2.24) is 10.2 Å². The number of primary amides is 1. The molecule has 0 bridgehead atoms. The Kier molecular flexibility index (Phi) is 6.52. The summed E-state index contributed by atoms with van der Waals surface area (Å²) in [4.78, 5) is 17.4. The lowest BCUT2D eigenvalue weighted by molar-refractivity contribution is -0.119. The van der Waals surface area contributed by atoms with Crippen LogP contribution in [0.2, 0.25) is 0 Å². The Hall–Kier alpha value is -2.18. The van der Waals surface area contributed by atoms with Crippen molar-refractivity contribution in [3.63, 3.8) is 0 Å². The summed E-state index contributed by atoms with van der Waals surface area (Å²) in [6.45, 7) is 1.92. The molecule has 1 atom stereocenters. The highest BCUT2D eigenvalue weighted by Crippen LogP contribution is 2.19. The number of halogens is 2. The van der Waals surface area contributed by atoms with E-state index < -0.39 is 11.6 Å². The predicted octanol–water partition coefficient (Wildman–Crippen LogP) is 1.67. The second-order valence-corrected chi connectivity index (χ2v) is 6.05. The highest BCUT2D eigenvalue weighted by atomic mass is 19.1.